The van der Waals surface area contributed by atoms with Gasteiger partial charge < -0.3 is 19.4 Å². The largest absolute Gasteiger partial charge is 0.491 e. The van der Waals surface area contributed by atoms with E-state index >= 15 is 0 Å². The number of morpholine rings is 1. The number of esters is 2. The molecular weight excluding hydrogens is 467 g/mol. The SMILES string of the molecule is CCc1cc(C(=O)OC(=O)C(F)(F)F)c(=O)[nH]c1-c1ccc(N2CCC(N3CCOCC3)C2)cc1. The number of aromatic amines is 1. The number of carbonyl (C=O) groups excluding carboxylic acids is 2. The summed E-state index contributed by atoms with van der Waals surface area (Å²) in [6.45, 7) is 7.04. The number of nitrogens with zero attached hydrogens (tertiary/aromatic N) is 2. The Morgan fingerprint density at radius 2 is 1.83 bits per heavy atom. The highest BCUT2D eigenvalue weighted by Gasteiger charge is 2.43. The molecule has 11 heteroatoms. The van der Waals surface area contributed by atoms with E-state index in [4.69, 9.17) is 4.74 Å². The van der Waals surface area contributed by atoms with Gasteiger partial charge in [-0.3, -0.25) is 9.69 Å². The molecule has 2 aliphatic rings. The minimum absolute atomic E-state index is 0.384. The van der Waals surface area contributed by atoms with Gasteiger partial charge >= 0.3 is 18.1 Å². The molecular formula is C24H26F3N3O5. The summed E-state index contributed by atoms with van der Waals surface area (Å²) < 4.78 is 46.4. The predicted molar refractivity (Wildman–Crippen MR) is 121 cm³/mol. The number of hydrogen-bond donors (Lipinski definition) is 1. The summed E-state index contributed by atoms with van der Waals surface area (Å²) >= 11 is 0. The second kappa shape index (κ2) is 10.2. The zero-order chi connectivity index (χ0) is 25.2. The van der Waals surface area contributed by atoms with Crippen LogP contribution in [0.5, 0.6) is 0 Å². The Bertz CT molecular complexity index is 1140. The van der Waals surface area contributed by atoms with Crippen LogP contribution in [0, 0.1) is 0 Å². The fourth-order valence-corrected chi connectivity index (χ4v) is 4.51. The number of anilines is 1. The van der Waals surface area contributed by atoms with E-state index in [1.807, 2.05) is 24.3 Å². The Balaban J connectivity index is 1.50. The first-order chi connectivity index (χ1) is 16.7. The first-order valence-corrected chi connectivity index (χ1v) is 11.4. The van der Waals surface area contributed by atoms with E-state index in [0.29, 0.717) is 29.3 Å². The van der Waals surface area contributed by atoms with Crippen LogP contribution in [0.1, 0.15) is 29.3 Å². The molecule has 0 radical (unpaired) electrons. The summed E-state index contributed by atoms with van der Waals surface area (Å²) in [5.41, 5.74) is 1.13. The van der Waals surface area contributed by atoms with Crippen LogP contribution < -0.4 is 10.5 Å². The van der Waals surface area contributed by atoms with Crippen molar-refractivity contribution in [2.45, 2.75) is 32.0 Å². The van der Waals surface area contributed by atoms with Gasteiger partial charge in [0.2, 0.25) is 0 Å². The van der Waals surface area contributed by atoms with Crippen molar-refractivity contribution in [2.24, 2.45) is 0 Å². The zero-order valence-electron chi connectivity index (χ0n) is 19.2. The standard InChI is InChI=1S/C24H26F3N3O5/c1-2-15-13-19(22(32)35-23(33)24(25,26)27)21(31)28-20(15)16-3-5-17(6-4-16)30-8-7-18(14-30)29-9-11-34-12-10-29/h3-6,13,18H,2,7-12,14H2,1H3,(H,28,31). The number of nitrogens with one attached hydrogen (secondary N) is 1. The molecule has 1 aromatic carbocycles. The van der Waals surface area contributed by atoms with Gasteiger partial charge in [-0.05, 0) is 42.2 Å². The summed E-state index contributed by atoms with van der Waals surface area (Å²) in [6.07, 6.45) is -3.88. The Morgan fingerprint density at radius 1 is 1.14 bits per heavy atom. The lowest BCUT2D eigenvalue weighted by atomic mass is 10.0. The van der Waals surface area contributed by atoms with Crippen molar-refractivity contribution >= 4 is 17.6 Å². The monoisotopic (exact) mass is 493 g/mol. The van der Waals surface area contributed by atoms with E-state index in [2.05, 4.69) is 19.5 Å². The van der Waals surface area contributed by atoms with Crippen LogP contribution in [0.3, 0.4) is 0 Å². The number of halogens is 3. The van der Waals surface area contributed by atoms with Crippen LogP contribution in [-0.4, -0.2) is 73.4 Å². The molecule has 1 atom stereocenters. The van der Waals surface area contributed by atoms with E-state index in [1.165, 1.54) is 6.07 Å². The van der Waals surface area contributed by atoms with E-state index in [-0.39, 0.29) is 0 Å². The number of ether oxygens (including phenoxy) is 2. The minimum atomic E-state index is -5.34. The van der Waals surface area contributed by atoms with Crippen molar-refractivity contribution in [2.75, 3.05) is 44.3 Å². The number of rotatable bonds is 5. The highest BCUT2D eigenvalue weighted by atomic mass is 19.4. The molecule has 4 rings (SSSR count). The summed E-state index contributed by atoms with van der Waals surface area (Å²) in [5, 5.41) is 0. The van der Waals surface area contributed by atoms with Gasteiger partial charge in [0.25, 0.3) is 5.56 Å². The fourth-order valence-electron chi connectivity index (χ4n) is 4.51. The maximum atomic E-state index is 12.4. The molecule has 2 aromatic rings. The average molecular weight is 493 g/mol. The third-order valence-electron chi connectivity index (χ3n) is 6.39. The number of aryl methyl sites for hydroxylation is 1. The van der Waals surface area contributed by atoms with Crippen LogP contribution in [0.4, 0.5) is 18.9 Å². The molecule has 2 fully saturated rings. The Hall–Kier alpha value is -3.18. The number of benzene rings is 1. The minimum Gasteiger partial charge on any atom is -0.382 e. The number of carbonyl (C=O) groups is 2. The number of pyridine rings is 1. The highest BCUT2D eigenvalue weighted by Crippen LogP contribution is 2.28. The average Bonchev–Trinajstić information content (AvgIpc) is 3.34. The lowest BCUT2D eigenvalue weighted by Crippen LogP contribution is -2.44. The third kappa shape index (κ3) is 5.57. The molecule has 0 bridgehead atoms. The molecule has 0 saturated carbocycles. The molecule has 1 N–H and O–H groups in total. The topological polar surface area (TPSA) is 91.9 Å². The predicted octanol–water partition coefficient (Wildman–Crippen LogP) is 2.76. The van der Waals surface area contributed by atoms with Gasteiger partial charge in [-0.15, -0.1) is 0 Å². The zero-order valence-corrected chi connectivity index (χ0v) is 19.2. The van der Waals surface area contributed by atoms with E-state index in [0.717, 1.165) is 51.5 Å². The maximum Gasteiger partial charge on any atom is 0.491 e. The van der Waals surface area contributed by atoms with Crippen LogP contribution in [0.2, 0.25) is 0 Å². The second-order valence-corrected chi connectivity index (χ2v) is 8.52. The molecule has 2 aliphatic heterocycles. The molecule has 2 saturated heterocycles. The Labute approximate surface area is 199 Å². The molecule has 8 nitrogen and oxygen atoms in total. The van der Waals surface area contributed by atoms with Crippen LogP contribution >= 0.6 is 0 Å². The molecule has 0 amide bonds. The summed E-state index contributed by atoms with van der Waals surface area (Å²) in [7, 11) is 0. The molecule has 1 aromatic heterocycles. The van der Waals surface area contributed by atoms with Gasteiger partial charge in [-0.2, -0.15) is 13.2 Å². The van der Waals surface area contributed by atoms with Crippen molar-refractivity contribution in [1.82, 2.24) is 9.88 Å². The van der Waals surface area contributed by atoms with Crippen LogP contribution in [-0.2, 0) is 20.7 Å². The normalized spacial score (nSPS) is 19.1. The Kier molecular flexibility index (Phi) is 7.27. The molecule has 35 heavy (non-hydrogen) atoms. The first-order valence-electron chi connectivity index (χ1n) is 11.4. The third-order valence-corrected chi connectivity index (χ3v) is 6.39. The number of hydrogen-bond acceptors (Lipinski definition) is 7. The summed E-state index contributed by atoms with van der Waals surface area (Å²) in [6, 6.07) is 9.28. The quantitative estimate of drug-likeness (QED) is 0.506. The first kappa shape index (κ1) is 24.9. The van der Waals surface area contributed by atoms with Gasteiger partial charge in [0.1, 0.15) is 5.56 Å². The lowest BCUT2D eigenvalue weighted by molar-refractivity contribution is -0.193. The molecule has 3 heterocycles. The molecule has 0 spiro atoms. The molecule has 0 aliphatic carbocycles. The van der Waals surface area contributed by atoms with Gasteiger partial charge in [0.15, 0.2) is 0 Å². The van der Waals surface area contributed by atoms with Crippen molar-refractivity contribution in [1.29, 1.82) is 0 Å². The maximum absolute atomic E-state index is 12.4. The lowest BCUT2D eigenvalue weighted by Gasteiger charge is -2.32. The van der Waals surface area contributed by atoms with E-state index < -0.39 is 29.2 Å². The van der Waals surface area contributed by atoms with Crippen molar-refractivity contribution < 1.29 is 32.2 Å². The van der Waals surface area contributed by atoms with Crippen molar-refractivity contribution in [3.63, 3.8) is 0 Å². The van der Waals surface area contributed by atoms with Gasteiger partial charge in [-0.25, -0.2) is 9.59 Å². The molecule has 188 valence electrons. The highest BCUT2D eigenvalue weighted by molar-refractivity contribution is 5.98. The van der Waals surface area contributed by atoms with Gasteiger partial charge in [0.05, 0.1) is 18.9 Å². The summed E-state index contributed by atoms with van der Waals surface area (Å²) in [5.74, 6) is -4.31. The summed E-state index contributed by atoms with van der Waals surface area (Å²) in [4.78, 5) is 42.7. The van der Waals surface area contributed by atoms with Gasteiger partial charge in [-0.1, -0.05) is 19.1 Å². The number of alkyl halides is 3. The smallest absolute Gasteiger partial charge is 0.382 e. The van der Waals surface area contributed by atoms with Crippen LogP contribution in [0.15, 0.2) is 35.1 Å². The van der Waals surface area contributed by atoms with E-state index in [1.54, 1.807) is 6.92 Å². The molecule has 1 unspecified atom stereocenters. The van der Waals surface area contributed by atoms with E-state index in [9.17, 15) is 27.6 Å². The van der Waals surface area contributed by atoms with Gasteiger partial charge in [0, 0.05) is 37.9 Å². The fraction of sp³-hybridized carbons (Fsp3) is 0.458. The van der Waals surface area contributed by atoms with Crippen LogP contribution in [0.25, 0.3) is 11.3 Å². The number of aromatic nitrogens is 1. The van der Waals surface area contributed by atoms with Crippen molar-refractivity contribution in [3.8, 4) is 11.3 Å². The van der Waals surface area contributed by atoms with Crippen molar-refractivity contribution in [3.05, 3.63) is 51.8 Å². The Morgan fingerprint density at radius 3 is 2.46 bits per heavy atom. The number of H-pyrrole nitrogens is 1. The second-order valence-electron chi connectivity index (χ2n) is 8.52.